The van der Waals surface area contributed by atoms with Crippen LogP contribution >= 0.6 is 27.5 Å². The summed E-state index contributed by atoms with van der Waals surface area (Å²) in [4.78, 5) is 0. The van der Waals surface area contributed by atoms with Crippen LogP contribution in [0.4, 0.5) is 4.39 Å². The van der Waals surface area contributed by atoms with Gasteiger partial charge in [-0.05, 0) is 64.6 Å². The number of rotatable bonds is 9. The van der Waals surface area contributed by atoms with Crippen molar-refractivity contribution in [3.8, 4) is 11.5 Å². The number of ether oxygens (including phenoxy) is 2. The molecule has 26 heavy (non-hydrogen) atoms. The topological polar surface area (TPSA) is 30.5 Å². The maximum atomic E-state index is 13.9. The van der Waals surface area contributed by atoms with Crippen LogP contribution in [0.15, 0.2) is 34.8 Å². The third-order valence-corrected chi connectivity index (χ3v) is 4.88. The highest BCUT2D eigenvalue weighted by molar-refractivity contribution is 9.10. The van der Waals surface area contributed by atoms with Gasteiger partial charge in [-0.3, -0.25) is 0 Å². The Morgan fingerprint density at radius 3 is 2.69 bits per heavy atom. The first-order chi connectivity index (χ1) is 12.4. The number of hydrogen-bond acceptors (Lipinski definition) is 3. The zero-order chi connectivity index (χ0) is 19.1. The summed E-state index contributed by atoms with van der Waals surface area (Å²) in [5, 5.41) is 3.76. The average Bonchev–Trinajstić information content (AvgIpc) is 2.59. The second-order valence-corrected chi connectivity index (χ2v) is 7.72. The fraction of sp³-hybridized carbons (Fsp3) is 0.400. The van der Waals surface area contributed by atoms with Crippen molar-refractivity contribution in [2.75, 3.05) is 13.7 Å². The van der Waals surface area contributed by atoms with Crippen LogP contribution in [0.2, 0.25) is 5.02 Å². The number of nitrogens with one attached hydrogen (secondary N) is 1. The van der Waals surface area contributed by atoms with Crippen LogP contribution in [0.1, 0.15) is 31.4 Å². The first-order valence-corrected chi connectivity index (χ1v) is 9.72. The Kier molecular flexibility index (Phi) is 8.19. The van der Waals surface area contributed by atoms with Gasteiger partial charge in [0.25, 0.3) is 0 Å². The fourth-order valence-electron chi connectivity index (χ4n) is 2.45. The molecule has 6 heteroatoms. The molecule has 0 bridgehead atoms. The van der Waals surface area contributed by atoms with E-state index < -0.39 is 5.82 Å². The predicted molar refractivity (Wildman–Crippen MR) is 108 cm³/mol. The fourth-order valence-corrected chi connectivity index (χ4v) is 3.27. The van der Waals surface area contributed by atoms with Crippen molar-refractivity contribution in [2.24, 2.45) is 5.92 Å². The van der Waals surface area contributed by atoms with Gasteiger partial charge in [0.1, 0.15) is 12.4 Å². The number of benzene rings is 2. The monoisotopic (exact) mass is 443 g/mol. The minimum absolute atomic E-state index is 0.0203. The number of halogens is 3. The van der Waals surface area contributed by atoms with Gasteiger partial charge in [0.15, 0.2) is 11.5 Å². The van der Waals surface area contributed by atoms with E-state index in [0.717, 1.165) is 29.5 Å². The van der Waals surface area contributed by atoms with E-state index in [0.29, 0.717) is 28.0 Å². The summed E-state index contributed by atoms with van der Waals surface area (Å²) in [6.45, 7) is 6.12. The maximum absolute atomic E-state index is 13.9. The molecule has 0 spiro atoms. The van der Waals surface area contributed by atoms with Gasteiger partial charge in [-0.2, -0.15) is 0 Å². The molecular formula is C20H24BrClFNO2. The lowest BCUT2D eigenvalue weighted by molar-refractivity contribution is 0.277. The maximum Gasteiger partial charge on any atom is 0.175 e. The lowest BCUT2D eigenvalue weighted by atomic mass is 10.1. The first kappa shape index (κ1) is 21.0. The highest BCUT2D eigenvalue weighted by Crippen LogP contribution is 2.37. The third kappa shape index (κ3) is 5.86. The van der Waals surface area contributed by atoms with E-state index in [1.54, 1.807) is 19.2 Å². The molecule has 0 fully saturated rings. The molecular weight excluding hydrogens is 421 g/mol. The molecule has 0 saturated carbocycles. The molecule has 142 valence electrons. The highest BCUT2D eigenvalue weighted by atomic mass is 79.9. The summed E-state index contributed by atoms with van der Waals surface area (Å²) in [5.74, 6) is 1.40. The van der Waals surface area contributed by atoms with Crippen LogP contribution in [0, 0.1) is 11.7 Å². The Balaban J connectivity index is 2.09. The minimum atomic E-state index is -0.390. The Hall–Kier alpha value is -1.30. The van der Waals surface area contributed by atoms with Gasteiger partial charge < -0.3 is 14.8 Å². The summed E-state index contributed by atoms with van der Waals surface area (Å²) >= 11 is 9.58. The van der Waals surface area contributed by atoms with Crippen molar-refractivity contribution in [1.82, 2.24) is 5.32 Å². The molecule has 0 atom stereocenters. The molecule has 2 aromatic rings. The molecule has 0 aromatic heterocycles. The molecule has 2 aromatic carbocycles. The van der Waals surface area contributed by atoms with Crippen molar-refractivity contribution < 1.29 is 13.9 Å². The van der Waals surface area contributed by atoms with E-state index in [2.05, 4.69) is 35.1 Å². The lowest BCUT2D eigenvalue weighted by Crippen LogP contribution is -2.16. The van der Waals surface area contributed by atoms with Crippen LogP contribution < -0.4 is 14.8 Å². The standard InChI is InChI=1S/C20H24BrClFNO2/c1-13(2)7-8-24-11-14-9-16(21)20(19(10-14)25-3)26-12-15-17(22)5-4-6-18(15)23/h4-6,9-10,13,24H,7-8,11-12H2,1-3H3. The number of methoxy groups -OCH3 is 1. The van der Waals surface area contributed by atoms with Crippen LogP contribution in [0.25, 0.3) is 0 Å². The van der Waals surface area contributed by atoms with E-state index >= 15 is 0 Å². The second kappa shape index (κ2) is 10.1. The highest BCUT2D eigenvalue weighted by Gasteiger charge is 2.14. The summed E-state index contributed by atoms with van der Waals surface area (Å²) in [5.41, 5.74) is 1.40. The molecule has 0 aliphatic heterocycles. The van der Waals surface area contributed by atoms with Crippen molar-refractivity contribution >= 4 is 27.5 Å². The predicted octanol–water partition coefficient (Wildman–Crippen LogP) is 5.96. The Morgan fingerprint density at radius 2 is 2.04 bits per heavy atom. The van der Waals surface area contributed by atoms with Crippen molar-refractivity contribution in [3.63, 3.8) is 0 Å². The molecule has 0 radical (unpaired) electrons. The Morgan fingerprint density at radius 1 is 1.27 bits per heavy atom. The second-order valence-electron chi connectivity index (χ2n) is 6.46. The molecule has 0 aliphatic rings. The molecule has 0 amide bonds. The normalized spacial score (nSPS) is 11.0. The van der Waals surface area contributed by atoms with Gasteiger partial charge in [-0.1, -0.05) is 31.5 Å². The van der Waals surface area contributed by atoms with Gasteiger partial charge >= 0.3 is 0 Å². The molecule has 0 aliphatic carbocycles. The quantitative estimate of drug-likeness (QED) is 0.484. The summed E-state index contributed by atoms with van der Waals surface area (Å²) < 4.78 is 25.9. The van der Waals surface area contributed by atoms with Gasteiger partial charge in [0.05, 0.1) is 16.6 Å². The first-order valence-electron chi connectivity index (χ1n) is 8.55. The van der Waals surface area contributed by atoms with Gasteiger partial charge in [-0.15, -0.1) is 0 Å². The largest absolute Gasteiger partial charge is 0.493 e. The van der Waals surface area contributed by atoms with Crippen molar-refractivity contribution in [2.45, 2.75) is 33.4 Å². The van der Waals surface area contributed by atoms with E-state index in [4.69, 9.17) is 21.1 Å². The van der Waals surface area contributed by atoms with Gasteiger partial charge in [0.2, 0.25) is 0 Å². The average molecular weight is 445 g/mol. The zero-order valence-electron chi connectivity index (χ0n) is 15.2. The minimum Gasteiger partial charge on any atom is -0.493 e. The molecule has 0 unspecified atom stereocenters. The SMILES string of the molecule is COc1cc(CNCCC(C)C)cc(Br)c1OCc1c(F)cccc1Cl. The summed E-state index contributed by atoms with van der Waals surface area (Å²) in [7, 11) is 1.58. The van der Waals surface area contributed by atoms with Gasteiger partial charge in [0, 0.05) is 12.1 Å². The van der Waals surface area contributed by atoms with E-state index in [-0.39, 0.29) is 6.61 Å². The summed E-state index contributed by atoms with van der Waals surface area (Å²) in [6, 6.07) is 8.47. The van der Waals surface area contributed by atoms with Crippen LogP contribution in [0.5, 0.6) is 11.5 Å². The van der Waals surface area contributed by atoms with Crippen molar-refractivity contribution in [1.29, 1.82) is 0 Å². The Bertz CT molecular complexity index is 720. The molecule has 2 rings (SSSR count). The zero-order valence-corrected chi connectivity index (χ0v) is 17.6. The molecule has 1 N–H and O–H groups in total. The van der Waals surface area contributed by atoms with Crippen LogP contribution in [0.3, 0.4) is 0 Å². The lowest BCUT2D eigenvalue weighted by Gasteiger charge is -2.16. The van der Waals surface area contributed by atoms with E-state index in [1.165, 1.54) is 6.07 Å². The number of hydrogen-bond donors (Lipinski definition) is 1. The van der Waals surface area contributed by atoms with Crippen molar-refractivity contribution in [3.05, 3.63) is 56.8 Å². The molecule has 0 saturated heterocycles. The van der Waals surface area contributed by atoms with E-state index in [1.807, 2.05) is 12.1 Å². The van der Waals surface area contributed by atoms with Gasteiger partial charge in [-0.25, -0.2) is 4.39 Å². The van der Waals surface area contributed by atoms with Crippen LogP contribution in [-0.2, 0) is 13.2 Å². The molecule has 0 heterocycles. The summed E-state index contributed by atoms with van der Waals surface area (Å²) in [6.07, 6.45) is 1.13. The molecule has 3 nitrogen and oxygen atoms in total. The third-order valence-electron chi connectivity index (χ3n) is 3.94. The Labute approximate surface area is 168 Å². The smallest absolute Gasteiger partial charge is 0.175 e. The van der Waals surface area contributed by atoms with Crippen LogP contribution in [-0.4, -0.2) is 13.7 Å². The van der Waals surface area contributed by atoms with E-state index in [9.17, 15) is 4.39 Å².